The van der Waals surface area contributed by atoms with E-state index in [4.69, 9.17) is 0 Å². The Morgan fingerprint density at radius 2 is 1.83 bits per heavy atom. The number of rotatable bonds is 2. The Hall–Kier alpha value is -2.41. The van der Waals surface area contributed by atoms with E-state index < -0.39 is 9.84 Å². The Kier molecular flexibility index (Phi) is 3.53. The topological polar surface area (TPSA) is 84.3 Å². The monoisotopic (exact) mass is 343 g/mol. The molecule has 0 saturated carbocycles. The van der Waals surface area contributed by atoms with E-state index >= 15 is 0 Å². The summed E-state index contributed by atoms with van der Waals surface area (Å²) in [6.45, 7) is 0. The van der Waals surface area contributed by atoms with Gasteiger partial charge in [-0.25, -0.2) is 17.9 Å². The van der Waals surface area contributed by atoms with Crippen molar-refractivity contribution in [1.82, 2.24) is 14.6 Å². The highest BCUT2D eigenvalue weighted by atomic mass is 32.2. The third-order valence-corrected chi connectivity index (χ3v) is 6.29. The molecule has 7 heteroatoms. The summed E-state index contributed by atoms with van der Waals surface area (Å²) in [4.78, 5) is 17.1. The molecule has 2 aromatic heterocycles. The Balaban J connectivity index is 1.80. The lowest BCUT2D eigenvalue weighted by Gasteiger charge is -2.21. The molecule has 124 valence electrons. The highest BCUT2D eigenvalue weighted by Gasteiger charge is 2.26. The van der Waals surface area contributed by atoms with Crippen LogP contribution in [-0.2, 0) is 9.84 Å². The van der Waals surface area contributed by atoms with Crippen molar-refractivity contribution in [3.8, 4) is 11.1 Å². The maximum absolute atomic E-state index is 12.4. The van der Waals surface area contributed by atoms with Gasteiger partial charge in [0.25, 0.3) is 5.56 Å². The van der Waals surface area contributed by atoms with Crippen LogP contribution in [0.2, 0.25) is 0 Å². The van der Waals surface area contributed by atoms with E-state index in [1.165, 1.54) is 10.6 Å². The van der Waals surface area contributed by atoms with Gasteiger partial charge in [0, 0.05) is 23.7 Å². The van der Waals surface area contributed by atoms with Crippen molar-refractivity contribution in [2.24, 2.45) is 0 Å². The zero-order valence-electron chi connectivity index (χ0n) is 13.0. The van der Waals surface area contributed by atoms with E-state index in [1.807, 2.05) is 30.3 Å². The molecule has 1 N–H and O–H groups in total. The Labute approximate surface area is 139 Å². The van der Waals surface area contributed by atoms with Crippen LogP contribution in [0.15, 0.2) is 47.4 Å². The molecule has 0 aliphatic carbocycles. The first-order chi connectivity index (χ1) is 11.5. The minimum atomic E-state index is -2.93. The molecule has 0 bridgehead atoms. The van der Waals surface area contributed by atoms with Gasteiger partial charge in [-0.3, -0.25) is 9.89 Å². The summed E-state index contributed by atoms with van der Waals surface area (Å²) >= 11 is 0. The molecule has 0 unspecified atom stereocenters. The molecule has 0 amide bonds. The Bertz CT molecular complexity index is 1040. The normalized spacial score (nSPS) is 18.0. The standard InChI is InChI=1S/C17H17N3O3S/c21-16-10-15(13-6-8-24(22,23)9-7-13)19-17-14(11-18-20(16)17)12-4-2-1-3-5-12/h1-5,10-11,13,18H,6-9H2. The van der Waals surface area contributed by atoms with Crippen LogP contribution in [0.3, 0.4) is 0 Å². The lowest BCUT2D eigenvalue weighted by atomic mass is 9.98. The molecule has 1 aliphatic heterocycles. The van der Waals surface area contributed by atoms with Gasteiger partial charge in [0.2, 0.25) is 0 Å². The van der Waals surface area contributed by atoms with E-state index in [0.717, 1.165) is 11.1 Å². The van der Waals surface area contributed by atoms with Gasteiger partial charge in [0.1, 0.15) is 9.84 Å². The first kappa shape index (κ1) is 15.1. The zero-order valence-corrected chi connectivity index (χ0v) is 13.8. The second kappa shape index (κ2) is 5.59. The molecule has 0 radical (unpaired) electrons. The highest BCUT2D eigenvalue weighted by Crippen LogP contribution is 2.29. The summed E-state index contributed by atoms with van der Waals surface area (Å²) in [5.74, 6) is 0.346. The lowest BCUT2D eigenvalue weighted by molar-refractivity contribution is 0.544. The minimum absolute atomic E-state index is 0.0183. The van der Waals surface area contributed by atoms with Gasteiger partial charge in [0.15, 0.2) is 5.65 Å². The van der Waals surface area contributed by atoms with E-state index in [0.29, 0.717) is 24.2 Å². The van der Waals surface area contributed by atoms with Crippen LogP contribution in [0.4, 0.5) is 0 Å². The second-order valence-electron chi connectivity index (χ2n) is 6.16. The largest absolute Gasteiger partial charge is 0.296 e. The fourth-order valence-electron chi connectivity index (χ4n) is 3.22. The summed E-state index contributed by atoms with van der Waals surface area (Å²) in [6, 6.07) is 11.3. The molecule has 0 atom stereocenters. The highest BCUT2D eigenvalue weighted by molar-refractivity contribution is 7.91. The number of H-pyrrole nitrogens is 1. The third kappa shape index (κ3) is 2.65. The summed E-state index contributed by atoms with van der Waals surface area (Å²) in [5, 5.41) is 2.94. The fourth-order valence-corrected chi connectivity index (χ4v) is 4.72. The predicted octanol–water partition coefficient (Wildman–Crippen LogP) is 1.98. The maximum atomic E-state index is 12.4. The van der Waals surface area contributed by atoms with Gasteiger partial charge in [-0.1, -0.05) is 30.3 Å². The number of hydrogen-bond acceptors (Lipinski definition) is 4. The average Bonchev–Trinajstić information content (AvgIpc) is 3.00. The number of benzene rings is 1. The fraction of sp³-hybridized carbons (Fsp3) is 0.294. The quantitative estimate of drug-likeness (QED) is 0.771. The van der Waals surface area contributed by atoms with E-state index in [2.05, 4.69) is 10.1 Å². The molecule has 4 rings (SSSR count). The van der Waals surface area contributed by atoms with Gasteiger partial charge < -0.3 is 0 Å². The van der Waals surface area contributed by atoms with Gasteiger partial charge in [-0.05, 0) is 18.4 Å². The molecule has 1 aliphatic rings. The molecule has 1 fully saturated rings. The number of nitrogens with zero attached hydrogens (tertiary/aromatic N) is 2. The molecular formula is C17H17N3O3S. The molecule has 3 heterocycles. The summed E-state index contributed by atoms with van der Waals surface area (Å²) < 4.78 is 24.6. The van der Waals surface area contributed by atoms with Crippen LogP contribution in [0.25, 0.3) is 16.8 Å². The zero-order chi connectivity index (χ0) is 16.7. The summed E-state index contributed by atoms with van der Waals surface area (Å²) in [6.07, 6.45) is 2.82. The van der Waals surface area contributed by atoms with Crippen LogP contribution in [0.5, 0.6) is 0 Å². The van der Waals surface area contributed by atoms with Crippen LogP contribution < -0.4 is 5.56 Å². The number of nitrogens with one attached hydrogen (secondary N) is 1. The number of fused-ring (bicyclic) bond motifs is 1. The van der Waals surface area contributed by atoms with Crippen molar-refractivity contribution < 1.29 is 8.42 Å². The van der Waals surface area contributed by atoms with Crippen LogP contribution >= 0.6 is 0 Å². The van der Waals surface area contributed by atoms with E-state index in [-0.39, 0.29) is 23.0 Å². The SMILES string of the molecule is O=c1cc(C2CCS(=O)(=O)CC2)nc2c(-c3ccccc3)c[nH]n12. The first-order valence-electron chi connectivity index (χ1n) is 7.90. The number of aromatic amines is 1. The van der Waals surface area contributed by atoms with Crippen molar-refractivity contribution in [3.63, 3.8) is 0 Å². The first-order valence-corrected chi connectivity index (χ1v) is 9.72. The molecule has 6 nitrogen and oxygen atoms in total. The van der Waals surface area contributed by atoms with E-state index in [9.17, 15) is 13.2 Å². The third-order valence-electron chi connectivity index (χ3n) is 4.58. The van der Waals surface area contributed by atoms with E-state index in [1.54, 1.807) is 6.20 Å². The summed E-state index contributed by atoms with van der Waals surface area (Å²) in [5.41, 5.74) is 2.93. The molecular weight excluding hydrogens is 326 g/mol. The lowest BCUT2D eigenvalue weighted by Crippen LogP contribution is -2.24. The van der Waals surface area contributed by atoms with Gasteiger partial charge in [-0.15, -0.1) is 0 Å². The average molecular weight is 343 g/mol. The van der Waals surface area contributed by atoms with Crippen molar-refractivity contribution in [1.29, 1.82) is 0 Å². The van der Waals surface area contributed by atoms with Crippen molar-refractivity contribution in [2.75, 3.05) is 11.5 Å². The van der Waals surface area contributed by atoms with Crippen LogP contribution in [0, 0.1) is 0 Å². The molecule has 24 heavy (non-hydrogen) atoms. The molecule has 1 aromatic carbocycles. The maximum Gasteiger partial charge on any atom is 0.272 e. The van der Waals surface area contributed by atoms with Crippen molar-refractivity contribution >= 4 is 15.5 Å². The second-order valence-corrected chi connectivity index (χ2v) is 8.46. The molecule has 1 saturated heterocycles. The molecule has 0 spiro atoms. The number of aromatic nitrogens is 3. The van der Waals surface area contributed by atoms with Crippen LogP contribution in [-0.4, -0.2) is 34.5 Å². The Morgan fingerprint density at radius 1 is 1.12 bits per heavy atom. The van der Waals surface area contributed by atoms with Crippen molar-refractivity contribution in [3.05, 3.63) is 58.6 Å². The minimum Gasteiger partial charge on any atom is -0.296 e. The predicted molar refractivity (Wildman–Crippen MR) is 91.9 cm³/mol. The number of sulfone groups is 1. The smallest absolute Gasteiger partial charge is 0.272 e. The Morgan fingerprint density at radius 3 is 2.54 bits per heavy atom. The number of hydrogen-bond donors (Lipinski definition) is 1. The molecule has 3 aromatic rings. The van der Waals surface area contributed by atoms with Gasteiger partial charge >= 0.3 is 0 Å². The van der Waals surface area contributed by atoms with Crippen LogP contribution in [0.1, 0.15) is 24.5 Å². The van der Waals surface area contributed by atoms with Gasteiger partial charge in [0.05, 0.1) is 17.2 Å². The van der Waals surface area contributed by atoms with Crippen molar-refractivity contribution in [2.45, 2.75) is 18.8 Å². The summed E-state index contributed by atoms with van der Waals surface area (Å²) in [7, 11) is -2.93. The van der Waals surface area contributed by atoms with Gasteiger partial charge in [-0.2, -0.15) is 0 Å².